The molecule has 13 nitrogen and oxygen atoms in total. The lowest BCUT2D eigenvalue weighted by Crippen LogP contribution is -2.48. The quantitative estimate of drug-likeness (QED) is 0.182. The summed E-state index contributed by atoms with van der Waals surface area (Å²) in [7, 11) is -4.33. The van der Waals surface area contributed by atoms with Crippen LogP contribution in [0, 0.1) is 12.3 Å². The molecule has 37 heavy (non-hydrogen) atoms. The van der Waals surface area contributed by atoms with E-state index in [1.54, 1.807) is 13.8 Å². The molecule has 0 spiro atoms. The number of nitrogens with one attached hydrogen (secondary N) is 2. The summed E-state index contributed by atoms with van der Waals surface area (Å²) in [5.74, 6) is 1.33. The molecule has 0 bridgehead atoms. The fraction of sp³-hybridized carbons (Fsp3) is 0.409. The Labute approximate surface area is 215 Å². The second-order valence-electron chi connectivity index (χ2n) is 8.17. The highest BCUT2D eigenvalue weighted by Gasteiger charge is 2.56. The smallest absolute Gasteiger partial charge is 0.459 e. The van der Waals surface area contributed by atoms with Gasteiger partial charge in [-0.3, -0.25) is 23.7 Å². The number of rotatable bonds is 10. The highest BCUT2D eigenvalue weighted by Crippen LogP contribution is 2.46. The second kappa shape index (κ2) is 11.6. The topological polar surface area (TPSA) is 178 Å². The Morgan fingerprint density at radius 1 is 1.35 bits per heavy atom. The third-order valence-corrected chi connectivity index (χ3v) is 6.79. The highest BCUT2D eigenvalue weighted by atomic mass is 35.5. The van der Waals surface area contributed by atoms with Crippen LogP contribution in [0.5, 0.6) is 5.75 Å². The molecule has 15 heteroatoms. The number of carbonyl (C=O) groups is 1. The van der Waals surface area contributed by atoms with E-state index in [0.717, 1.165) is 16.8 Å². The van der Waals surface area contributed by atoms with Gasteiger partial charge in [-0.05, 0) is 38.1 Å². The van der Waals surface area contributed by atoms with Crippen molar-refractivity contribution in [1.82, 2.24) is 14.6 Å². The Balaban J connectivity index is 1.81. The lowest BCUT2D eigenvalue weighted by atomic mass is 9.95. The third kappa shape index (κ3) is 6.88. The second-order valence-corrected chi connectivity index (χ2v) is 10.4. The number of carbonyl (C=O) groups excluding carboxylic acids is 1. The molecular weight excluding hydrogens is 533 g/mol. The van der Waals surface area contributed by atoms with Crippen LogP contribution in [-0.4, -0.2) is 62.8 Å². The molecule has 3 rings (SSSR count). The van der Waals surface area contributed by atoms with Crippen molar-refractivity contribution in [1.29, 1.82) is 0 Å². The third-order valence-electron chi connectivity index (χ3n) is 5.05. The maximum Gasteiger partial charge on any atom is 0.459 e. The summed E-state index contributed by atoms with van der Waals surface area (Å²) in [5, 5.41) is 24.3. The number of aromatic amines is 1. The molecule has 0 amide bonds. The summed E-state index contributed by atoms with van der Waals surface area (Å²) in [6, 6.07) is 6.74. The normalized spacial score (nSPS) is 24.8. The number of hydrogen-bond donors (Lipinski definition) is 4. The van der Waals surface area contributed by atoms with Crippen molar-refractivity contribution in [2.75, 3.05) is 13.2 Å². The molecule has 1 aliphatic heterocycles. The van der Waals surface area contributed by atoms with Gasteiger partial charge in [0.2, 0.25) is 0 Å². The van der Waals surface area contributed by atoms with E-state index >= 15 is 0 Å². The molecule has 2 heterocycles. The van der Waals surface area contributed by atoms with Gasteiger partial charge in [-0.15, -0.1) is 6.42 Å². The van der Waals surface area contributed by atoms with Crippen LogP contribution in [0.1, 0.15) is 20.1 Å². The zero-order valence-corrected chi connectivity index (χ0v) is 21.3. The van der Waals surface area contributed by atoms with Crippen LogP contribution in [0.15, 0.2) is 46.1 Å². The first-order chi connectivity index (χ1) is 17.4. The highest BCUT2D eigenvalue weighted by molar-refractivity contribution is 7.52. The van der Waals surface area contributed by atoms with E-state index in [1.807, 2.05) is 10.9 Å². The van der Waals surface area contributed by atoms with Crippen molar-refractivity contribution in [2.45, 2.75) is 44.0 Å². The van der Waals surface area contributed by atoms with Crippen LogP contribution < -0.4 is 20.9 Å². The van der Waals surface area contributed by atoms with E-state index in [9.17, 15) is 29.2 Å². The van der Waals surface area contributed by atoms with Gasteiger partial charge in [-0.1, -0.05) is 17.5 Å². The molecule has 200 valence electrons. The summed E-state index contributed by atoms with van der Waals surface area (Å²) < 4.78 is 35.7. The Bertz CT molecular complexity index is 1320. The number of hydrogen-bond acceptors (Lipinski definition) is 10. The number of halogens is 1. The SMILES string of the molecule is C#C[C@@]1(O)[C@H](O)[C@@H](COP(=O)(NCC(=O)OC(C)C)Oc2ccc(Cl)cc2)O[C@H]1n1ccc(=O)[nH]c1=O. The summed E-state index contributed by atoms with van der Waals surface area (Å²) in [5.41, 5.74) is -4.08. The van der Waals surface area contributed by atoms with Gasteiger partial charge < -0.3 is 24.2 Å². The molecule has 5 atom stereocenters. The van der Waals surface area contributed by atoms with E-state index in [4.69, 9.17) is 36.5 Å². The summed E-state index contributed by atoms with van der Waals surface area (Å²) in [6.45, 7) is 2.04. The zero-order valence-electron chi connectivity index (χ0n) is 19.7. The van der Waals surface area contributed by atoms with Gasteiger partial charge in [-0.2, -0.15) is 0 Å². The van der Waals surface area contributed by atoms with Gasteiger partial charge in [0.15, 0.2) is 11.8 Å². The molecule has 2 aromatic rings. The number of terminal acetylenes is 1. The first-order valence-electron chi connectivity index (χ1n) is 10.9. The van der Waals surface area contributed by atoms with E-state index < -0.39 is 68.3 Å². The number of esters is 1. The molecule has 4 N–H and O–H groups in total. The fourth-order valence-corrected chi connectivity index (χ4v) is 4.73. The van der Waals surface area contributed by atoms with Gasteiger partial charge in [-0.25, -0.2) is 14.4 Å². The maximum absolute atomic E-state index is 13.5. The average molecular weight is 558 g/mol. The average Bonchev–Trinajstić information content (AvgIpc) is 3.08. The first-order valence-corrected chi connectivity index (χ1v) is 12.8. The predicted octanol–water partition coefficient (Wildman–Crippen LogP) is 0.558. The molecule has 0 radical (unpaired) electrons. The molecule has 1 unspecified atom stereocenters. The Morgan fingerprint density at radius 3 is 2.62 bits per heavy atom. The minimum atomic E-state index is -4.33. The summed E-state index contributed by atoms with van der Waals surface area (Å²) in [6.07, 6.45) is 1.15. The van der Waals surface area contributed by atoms with Gasteiger partial charge >= 0.3 is 19.4 Å². The lowest BCUT2D eigenvalue weighted by molar-refractivity contribution is -0.146. The van der Waals surface area contributed by atoms with Crippen LogP contribution in [0.3, 0.4) is 0 Å². The molecule has 0 aliphatic carbocycles. The van der Waals surface area contributed by atoms with E-state index in [-0.39, 0.29) is 5.75 Å². The lowest BCUT2D eigenvalue weighted by Gasteiger charge is -2.26. The molecule has 0 saturated carbocycles. The van der Waals surface area contributed by atoms with Crippen LogP contribution >= 0.6 is 19.3 Å². The summed E-state index contributed by atoms with van der Waals surface area (Å²) >= 11 is 5.86. The van der Waals surface area contributed by atoms with Crippen molar-refractivity contribution in [3.8, 4) is 18.1 Å². The van der Waals surface area contributed by atoms with Crippen molar-refractivity contribution >= 4 is 25.3 Å². The Hall–Kier alpha value is -2.95. The predicted molar refractivity (Wildman–Crippen MR) is 130 cm³/mol. The van der Waals surface area contributed by atoms with Crippen molar-refractivity contribution in [2.24, 2.45) is 0 Å². The van der Waals surface area contributed by atoms with Crippen LogP contribution in [0.25, 0.3) is 0 Å². The van der Waals surface area contributed by atoms with Crippen LogP contribution in [-0.2, 0) is 23.4 Å². The van der Waals surface area contributed by atoms with E-state index in [1.165, 1.54) is 24.3 Å². The molecule has 1 fully saturated rings. The molecule has 1 aliphatic rings. The van der Waals surface area contributed by atoms with Gasteiger partial charge in [0.25, 0.3) is 5.56 Å². The standard InChI is InChI=1S/C22H25ClN3O10P/c1-4-22(31)19(29)16(35-20(22)26-10-9-17(27)25-21(26)30)12-33-37(32,24-11-18(28)34-13(2)3)36-15-7-5-14(23)6-8-15/h1,5-10,13,16,19-20,29,31H,11-12H2,2-3H3,(H,24,32)(H,25,27,30)/t16-,19-,20-,22-,37?/m1/s1. The molecule has 1 saturated heterocycles. The van der Waals surface area contributed by atoms with Gasteiger partial charge in [0.05, 0.1) is 12.7 Å². The van der Waals surface area contributed by atoms with Crippen LogP contribution in [0.2, 0.25) is 5.02 Å². The zero-order chi connectivity index (χ0) is 27.4. The molecular formula is C22H25ClN3O10P. The number of aromatic nitrogens is 2. The maximum atomic E-state index is 13.5. The van der Waals surface area contributed by atoms with Gasteiger partial charge in [0, 0.05) is 17.3 Å². The van der Waals surface area contributed by atoms with Crippen molar-refractivity contribution < 1.29 is 38.1 Å². The number of nitrogens with zero attached hydrogens (tertiary/aromatic N) is 1. The molecule has 1 aromatic heterocycles. The number of benzene rings is 1. The largest absolute Gasteiger partial charge is 0.462 e. The number of H-pyrrole nitrogens is 1. The minimum absolute atomic E-state index is 0.0724. The fourth-order valence-electron chi connectivity index (χ4n) is 3.33. The minimum Gasteiger partial charge on any atom is -0.462 e. The first kappa shape index (κ1) is 28.6. The van der Waals surface area contributed by atoms with Crippen molar-refractivity contribution in [3.05, 3.63) is 62.4 Å². The van der Waals surface area contributed by atoms with Crippen molar-refractivity contribution in [3.63, 3.8) is 0 Å². The number of ether oxygens (including phenoxy) is 2. The number of aliphatic hydroxyl groups excluding tert-OH is 1. The van der Waals surface area contributed by atoms with Crippen LogP contribution in [0.4, 0.5) is 0 Å². The molecule has 1 aromatic carbocycles. The Morgan fingerprint density at radius 2 is 2.03 bits per heavy atom. The monoisotopic (exact) mass is 557 g/mol. The Kier molecular flexibility index (Phi) is 8.99. The van der Waals surface area contributed by atoms with E-state index in [2.05, 4.69) is 5.09 Å². The van der Waals surface area contributed by atoms with Gasteiger partial charge in [0.1, 0.15) is 24.5 Å². The summed E-state index contributed by atoms with van der Waals surface area (Å²) in [4.78, 5) is 37.6. The number of aliphatic hydroxyl groups is 2. The van der Waals surface area contributed by atoms with E-state index in [0.29, 0.717) is 5.02 Å².